The number of aryl methyl sites for hydroxylation is 1. The Morgan fingerprint density at radius 1 is 1.70 bits per heavy atom. The number of hydrogen-bond donors (Lipinski definition) is 2. The fourth-order valence-electron chi connectivity index (χ4n) is 2.33. The Hall–Kier alpha value is -1.01. The Morgan fingerprint density at radius 2 is 2.55 bits per heavy atom. The average molecular weight is 296 g/mol. The molecule has 20 heavy (non-hydrogen) atoms. The zero-order chi connectivity index (χ0) is 14.4. The van der Waals surface area contributed by atoms with Crippen molar-refractivity contribution in [3.63, 3.8) is 0 Å². The van der Waals surface area contributed by atoms with Crippen LogP contribution in [-0.4, -0.2) is 46.1 Å². The molecule has 1 fully saturated rings. The van der Waals surface area contributed by atoms with Crippen molar-refractivity contribution < 1.29 is 4.79 Å². The molecule has 1 amide bonds. The van der Waals surface area contributed by atoms with Gasteiger partial charge in [0.2, 0.25) is 5.91 Å². The van der Waals surface area contributed by atoms with E-state index in [9.17, 15) is 4.79 Å². The van der Waals surface area contributed by atoms with Crippen LogP contribution in [0.4, 0.5) is 0 Å². The van der Waals surface area contributed by atoms with E-state index in [1.54, 1.807) is 0 Å². The molecule has 2 atom stereocenters. The third-order valence-corrected chi connectivity index (χ3v) is 4.64. The van der Waals surface area contributed by atoms with E-state index in [-0.39, 0.29) is 5.91 Å². The average Bonchev–Trinajstić information content (AvgIpc) is 2.83. The number of hydrogen-bond acceptors (Lipinski definition) is 4. The maximum absolute atomic E-state index is 11.9. The van der Waals surface area contributed by atoms with Gasteiger partial charge in [0.15, 0.2) is 0 Å². The van der Waals surface area contributed by atoms with Crippen LogP contribution in [0.1, 0.15) is 19.2 Å². The number of aromatic nitrogens is 2. The van der Waals surface area contributed by atoms with E-state index in [4.69, 9.17) is 0 Å². The van der Waals surface area contributed by atoms with Gasteiger partial charge in [-0.05, 0) is 12.8 Å². The number of rotatable bonds is 6. The monoisotopic (exact) mass is 296 g/mol. The highest BCUT2D eigenvalue weighted by Crippen LogP contribution is 2.10. The molecule has 0 aliphatic carbocycles. The SMILES string of the molecule is Cc1nccn1CC(C)CNC(=O)CC1CSCCN1. The first kappa shape index (κ1) is 15.4. The Kier molecular flexibility index (Phi) is 5.91. The Labute approximate surface area is 124 Å². The summed E-state index contributed by atoms with van der Waals surface area (Å²) in [6.07, 6.45) is 4.38. The molecule has 0 aromatic carbocycles. The molecule has 1 aromatic rings. The highest BCUT2D eigenvalue weighted by Gasteiger charge is 2.17. The summed E-state index contributed by atoms with van der Waals surface area (Å²) in [4.78, 5) is 16.1. The molecule has 1 aliphatic rings. The van der Waals surface area contributed by atoms with Gasteiger partial charge in [0.05, 0.1) is 0 Å². The second-order valence-electron chi connectivity index (χ2n) is 5.47. The molecule has 1 aliphatic heterocycles. The van der Waals surface area contributed by atoms with Gasteiger partial charge in [-0.1, -0.05) is 6.92 Å². The minimum atomic E-state index is 0.152. The van der Waals surface area contributed by atoms with Gasteiger partial charge in [-0.2, -0.15) is 11.8 Å². The molecule has 0 saturated carbocycles. The van der Waals surface area contributed by atoms with E-state index in [2.05, 4.69) is 27.1 Å². The van der Waals surface area contributed by atoms with Gasteiger partial charge in [-0.15, -0.1) is 0 Å². The quantitative estimate of drug-likeness (QED) is 0.823. The van der Waals surface area contributed by atoms with Gasteiger partial charge < -0.3 is 15.2 Å². The number of imidazole rings is 1. The maximum Gasteiger partial charge on any atom is 0.221 e. The minimum absolute atomic E-state index is 0.152. The molecule has 0 bridgehead atoms. The Bertz CT molecular complexity index is 429. The Morgan fingerprint density at radius 3 is 3.20 bits per heavy atom. The smallest absolute Gasteiger partial charge is 0.221 e. The van der Waals surface area contributed by atoms with Crippen LogP contribution in [0, 0.1) is 12.8 Å². The third-order valence-electron chi connectivity index (χ3n) is 3.51. The predicted octanol–water partition coefficient (Wildman–Crippen LogP) is 1.04. The zero-order valence-electron chi connectivity index (χ0n) is 12.3. The third kappa shape index (κ3) is 4.83. The summed E-state index contributed by atoms with van der Waals surface area (Å²) in [7, 11) is 0. The van der Waals surface area contributed by atoms with Crippen molar-refractivity contribution in [2.75, 3.05) is 24.6 Å². The lowest BCUT2D eigenvalue weighted by Gasteiger charge is -2.23. The van der Waals surface area contributed by atoms with Crippen LogP contribution in [0.15, 0.2) is 12.4 Å². The number of nitrogens with zero attached hydrogens (tertiary/aromatic N) is 2. The van der Waals surface area contributed by atoms with Crippen molar-refractivity contribution in [1.29, 1.82) is 0 Å². The van der Waals surface area contributed by atoms with E-state index >= 15 is 0 Å². The van der Waals surface area contributed by atoms with Crippen LogP contribution in [0.5, 0.6) is 0 Å². The number of amides is 1. The van der Waals surface area contributed by atoms with Crippen molar-refractivity contribution in [2.24, 2.45) is 5.92 Å². The van der Waals surface area contributed by atoms with E-state index < -0.39 is 0 Å². The molecule has 5 nitrogen and oxygen atoms in total. The fourth-order valence-corrected chi connectivity index (χ4v) is 3.28. The molecule has 2 rings (SSSR count). The maximum atomic E-state index is 11.9. The van der Waals surface area contributed by atoms with E-state index in [1.807, 2.05) is 31.1 Å². The van der Waals surface area contributed by atoms with Crippen molar-refractivity contribution >= 4 is 17.7 Å². The molecule has 1 aromatic heterocycles. The predicted molar refractivity (Wildman–Crippen MR) is 82.9 cm³/mol. The van der Waals surface area contributed by atoms with Crippen LogP contribution in [0.3, 0.4) is 0 Å². The van der Waals surface area contributed by atoms with Crippen molar-refractivity contribution in [3.8, 4) is 0 Å². The summed E-state index contributed by atoms with van der Waals surface area (Å²) < 4.78 is 2.12. The molecule has 112 valence electrons. The van der Waals surface area contributed by atoms with Crippen LogP contribution in [-0.2, 0) is 11.3 Å². The van der Waals surface area contributed by atoms with Crippen LogP contribution < -0.4 is 10.6 Å². The van der Waals surface area contributed by atoms with Gasteiger partial charge in [0.1, 0.15) is 5.82 Å². The first-order valence-electron chi connectivity index (χ1n) is 7.20. The largest absolute Gasteiger partial charge is 0.356 e. The second kappa shape index (κ2) is 7.69. The molecule has 2 unspecified atom stereocenters. The zero-order valence-corrected chi connectivity index (χ0v) is 13.1. The van der Waals surface area contributed by atoms with Crippen molar-refractivity contribution in [1.82, 2.24) is 20.2 Å². The van der Waals surface area contributed by atoms with Gasteiger partial charge in [-0.25, -0.2) is 4.98 Å². The van der Waals surface area contributed by atoms with E-state index in [0.717, 1.165) is 37.0 Å². The lowest BCUT2D eigenvalue weighted by molar-refractivity contribution is -0.121. The van der Waals surface area contributed by atoms with Crippen LogP contribution in [0.25, 0.3) is 0 Å². The lowest BCUT2D eigenvalue weighted by atomic mass is 10.1. The van der Waals surface area contributed by atoms with Gasteiger partial charge >= 0.3 is 0 Å². The second-order valence-corrected chi connectivity index (χ2v) is 6.62. The summed E-state index contributed by atoms with van der Waals surface area (Å²) in [6, 6.07) is 0.333. The minimum Gasteiger partial charge on any atom is -0.356 e. The normalized spacial score (nSPS) is 20.6. The molecule has 1 saturated heterocycles. The molecule has 0 radical (unpaired) electrons. The standard InChI is InChI=1S/C14H24N4OS/c1-11(9-18-5-3-15-12(18)2)8-17-14(19)7-13-10-20-6-4-16-13/h3,5,11,13,16H,4,6-10H2,1-2H3,(H,17,19). The summed E-state index contributed by atoms with van der Waals surface area (Å²) in [5.41, 5.74) is 0. The number of carbonyl (C=O) groups excluding carboxylic acids is 1. The van der Waals surface area contributed by atoms with E-state index in [1.165, 1.54) is 0 Å². The number of thioether (sulfide) groups is 1. The van der Waals surface area contributed by atoms with E-state index in [0.29, 0.717) is 18.4 Å². The highest BCUT2D eigenvalue weighted by molar-refractivity contribution is 7.99. The summed E-state index contributed by atoms with van der Waals surface area (Å²) >= 11 is 1.92. The molecule has 0 spiro atoms. The summed E-state index contributed by atoms with van der Waals surface area (Å²) in [6.45, 7) is 6.77. The first-order valence-corrected chi connectivity index (χ1v) is 8.36. The fraction of sp³-hybridized carbons (Fsp3) is 0.714. The number of nitrogens with one attached hydrogen (secondary N) is 2. The first-order chi connectivity index (χ1) is 9.65. The molecule has 2 N–H and O–H groups in total. The van der Waals surface area contributed by atoms with Crippen LogP contribution in [0.2, 0.25) is 0 Å². The molecule has 2 heterocycles. The van der Waals surface area contributed by atoms with Gasteiger partial charge in [-0.3, -0.25) is 4.79 Å². The summed E-state index contributed by atoms with van der Waals surface area (Å²) in [5.74, 6) is 3.77. The topological polar surface area (TPSA) is 59.0 Å². The van der Waals surface area contributed by atoms with Crippen LogP contribution >= 0.6 is 11.8 Å². The highest BCUT2D eigenvalue weighted by atomic mass is 32.2. The van der Waals surface area contributed by atoms with Crippen molar-refractivity contribution in [3.05, 3.63) is 18.2 Å². The van der Waals surface area contributed by atoms with Gasteiger partial charge in [0.25, 0.3) is 0 Å². The lowest BCUT2D eigenvalue weighted by Crippen LogP contribution is -2.42. The molecular formula is C14H24N4OS. The molecular weight excluding hydrogens is 272 g/mol. The number of carbonyl (C=O) groups is 1. The Balaban J connectivity index is 1.66. The van der Waals surface area contributed by atoms with Gasteiger partial charge in [0, 0.05) is 56.0 Å². The van der Waals surface area contributed by atoms with Crippen molar-refractivity contribution in [2.45, 2.75) is 32.9 Å². The molecule has 6 heteroatoms. The summed E-state index contributed by atoms with van der Waals surface area (Å²) in [5, 5.41) is 6.43.